The predicted octanol–water partition coefficient (Wildman–Crippen LogP) is 7.26. The Morgan fingerprint density at radius 2 is 1.02 bits per heavy atom. The van der Waals surface area contributed by atoms with Gasteiger partial charge >= 0.3 is 5.66 Å². The van der Waals surface area contributed by atoms with Crippen molar-refractivity contribution >= 4 is 54.6 Å². The average Bonchev–Trinajstić information content (AvgIpc) is 3.65. The van der Waals surface area contributed by atoms with E-state index in [1.807, 2.05) is 0 Å². The lowest BCUT2D eigenvalue weighted by Gasteiger charge is -2.26. The first-order chi connectivity index (χ1) is 20.4. The van der Waals surface area contributed by atoms with Crippen molar-refractivity contribution in [1.82, 2.24) is 8.80 Å². The molecule has 42 heavy (non-hydrogen) atoms. The van der Waals surface area contributed by atoms with E-state index in [1.54, 1.807) is 0 Å². The van der Waals surface area contributed by atoms with E-state index in [0.29, 0.717) is 0 Å². The molecule has 0 saturated heterocycles. The van der Waals surface area contributed by atoms with Crippen LogP contribution in [-0.2, 0) is 5.66 Å². The minimum atomic E-state index is -0.571. The van der Waals surface area contributed by atoms with Crippen LogP contribution >= 0.6 is 0 Å². The molecule has 200 valence electrons. The highest BCUT2D eigenvalue weighted by Gasteiger charge is 2.69. The minimum absolute atomic E-state index is 0.571. The number of aromatic nitrogens is 4. The van der Waals surface area contributed by atoms with E-state index < -0.39 is 5.66 Å². The van der Waals surface area contributed by atoms with Gasteiger partial charge in [0.05, 0.1) is 43.6 Å². The Hall–Kier alpha value is -4.90. The third-order valence-electron chi connectivity index (χ3n) is 11.4. The van der Waals surface area contributed by atoms with Gasteiger partial charge in [-0.25, -0.2) is 0 Å². The summed E-state index contributed by atoms with van der Waals surface area (Å²) in [5, 5.41) is 5.18. The number of benzene rings is 2. The molecule has 3 aliphatic rings. The van der Waals surface area contributed by atoms with Crippen LogP contribution in [-0.4, -0.2) is 8.80 Å². The van der Waals surface area contributed by atoms with Crippen molar-refractivity contribution in [3.05, 3.63) is 106 Å². The van der Waals surface area contributed by atoms with Crippen LogP contribution in [0.3, 0.4) is 0 Å². The van der Waals surface area contributed by atoms with Gasteiger partial charge in [-0.2, -0.15) is 0 Å². The highest BCUT2D eigenvalue weighted by Crippen LogP contribution is 2.58. The summed E-state index contributed by atoms with van der Waals surface area (Å²) >= 11 is 0. The van der Waals surface area contributed by atoms with E-state index in [1.165, 1.54) is 99.4 Å². The highest BCUT2D eigenvalue weighted by atomic mass is 16.5. The summed E-state index contributed by atoms with van der Waals surface area (Å²) in [4.78, 5) is 0. The minimum Gasteiger partial charge on any atom is -0.456 e. The van der Waals surface area contributed by atoms with Gasteiger partial charge < -0.3 is 13.5 Å². The molecular weight excluding hydrogens is 516 g/mol. The number of hydrogen-bond acceptors (Lipinski definition) is 1. The Morgan fingerprint density at radius 1 is 0.571 bits per heavy atom. The highest BCUT2D eigenvalue weighted by molar-refractivity contribution is 6.17. The zero-order chi connectivity index (χ0) is 28.1. The molecule has 0 saturated carbocycles. The maximum atomic E-state index is 6.90. The SMILES string of the molecule is Cc1c(C)c2c3ccc[n+]4c3c3c5c(ccc3n2c1C)Oc1ccc2c3c1C54[n+]1cccc(c4c(C)c(C)c(C)n24)c31. The van der Waals surface area contributed by atoms with Crippen LogP contribution in [0.4, 0.5) is 0 Å². The third kappa shape index (κ3) is 1.84. The summed E-state index contributed by atoms with van der Waals surface area (Å²) in [6.45, 7) is 13.6. The smallest absolute Gasteiger partial charge is 0.425 e. The number of rotatable bonds is 0. The standard InChI is InChI=1S/C37H28N4O/c1-17-19(3)33-23-9-7-15-38-35(23)29-25(40(33)21(17)5)11-13-27-31(29)37(38)32-28(42-27)14-12-26-30(32)36-24(10-8-16-39(36)37)34-20(4)18(2)22(6)41(26)34/h7-16H,1-6H3/q+2. The molecule has 0 radical (unpaired) electrons. The molecule has 0 N–H and O–H groups in total. The summed E-state index contributed by atoms with van der Waals surface area (Å²) in [5.74, 6) is 1.90. The second-order valence-electron chi connectivity index (χ2n) is 12.8. The van der Waals surface area contributed by atoms with Crippen molar-refractivity contribution in [3.8, 4) is 11.5 Å². The number of ether oxygens (including phenoxy) is 1. The lowest BCUT2D eigenvalue weighted by molar-refractivity contribution is -0.945. The van der Waals surface area contributed by atoms with E-state index in [2.05, 4.69) is 120 Å². The van der Waals surface area contributed by atoms with Gasteiger partial charge in [0.25, 0.3) is 0 Å². The van der Waals surface area contributed by atoms with Crippen LogP contribution in [0.1, 0.15) is 44.8 Å². The summed E-state index contributed by atoms with van der Waals surface area (Å²) in [6, 6.07) is 18.1. The average molecular weight is 545 g/mol. The van der Waals surface area contributed by atoms with Gasteiger partial charge in [0.1, 0.15) is 11.5 Å². The van der Waals surface area contributed by atoms with Gasteiger partial charge in [-0.05, 0) is 100 Å². The molecule has 2 aromatic carbocycles. The molecule has 0 amide bonds. The number of fused-ring (bicyclic) bond motifs is 6. The Morgan fingerprint density at radius 3 is 1.48 bits per heavy atom. The van der Waals surface area contributed by atoms with E-state index in [0.717, 1.165) is 11.5 Å². The molecule has 0 bridgehead atoms. The normalized spacial score (nSPS) is 15.3. The quantitative estimate of drug-likeness (QED) is 0.146. The van der Waals surface area contributed by atoms with Gasteiger partial charge in [-0.15, -0.1) is 9.13 Å². The van der Waals surface area contributed by atoms with Crippen molar-refractivity contribution in [1.29, 1.82) is 0 Å². The second kappa shape index (κ2) is 6.29. The van der Waals surface area contributed by atoms with Gasteiger partial charge in [0.2, 0.25) is 11.0 Å². The lowest BCUT2D eigenvalue weighted by Crippen LogP contribution is -2.72. The molecule has 9 heterocycles. The zero-order valence-electron chi connectivity index (χ0n) is 24.5. The Labute approximate surface area is 241 Å². The number of nitrogens with zero attached hydrogens (tertiary/aromatic N) is 4. The van der Waals surface area contributed by atoms with Crippen molar-refractivity contribution in [2.45, 2.75) is 47.2 Å². The van der Waals surface area contributed by atoms with Gasteiger partial charge in [-0.1, -0.05) is 0 Å². The molecule has 0 aliphatic carbocycles. The van der Waals surface area contributed by atoms with Gasteiger partial charge in [-0.3, -0.25) is 0 Å². The zero-order valence-corrected chi connectivity index (χ0v) is 24.5. The largest absolute Gasteiger partial charge is 0.456 e. The maximum absolute atomic E-state index is 6.90. The van der Waals surface area contributed by atoms with Crippen molar-refractivity contribution in [3.63, 3.8) is 0 Å². The topological polar surface area (TPSA) is 25.8 Å². The van der Waals surface area contributed by atoms with Crippen LogP contribution in [0.2, 0.25) is 0 Å². The molecule has 6 aromatic heterocycles. The fourth-order valence-corrected chi connectivity index (χ4v) is 9.30. The number of aryl methyl sites for hydroxylation is 4. The molecule has 3 aliphatic heterocycles. The van der Waals surface area contributed by atoms with Crippen LogP contribution in [0.15, 0.2) is 60.9 Å². The molecule has 0 fully saturated rings. The van der Waals surface area contributed by atoms with E-state index in [9.17, 15) is 0 Å². The number of pyridine rings is 4. The van der Waals surface area contributed by atoms with Crippen LogP contribution < -0.4 is 13.9 Å². The molecular formula is C37H28N4O+2. The lowest BCUT2D eigenvalue weighted by atomic mass is 9.87. The molecule has 5 nitrogen and oxygen atoms in total. The molecule has 1 spiro atoms. The van der Waals surface area contributed by atoms with E-state index >= 15 is 0 Å². The van der Waals surface area contributed by atoms with E-state index in [-0.39, 0.29) is 0 Å². The van der Waals surface area contributed by atoms with Gasteiger partial charge in [0, 0.05) is 23.5 Å². The van der Waals surface area contributed by atoms with Crippen molar-refractivity contribution < 1.29 is 13.9 Å². The first-order valence-corrected chi connectivity index (χ1v) is 14.9. The summed E-state index contributed by atoms with van der Waals surface area (Å²) in [6.07, 6.45) is 4.61. The van der Waals surface area contributed by atoms with Crippen LogP contribution in [0.25, 0.3) is 54.6 Å². The maximum Gasteiger partial charge on any atom is 0.425 e. The summed E-state index contributed by atoms with van der Waals surface area (Å²) in [5.41, 5.74) is 17.7. The molecule has 5 heteroatoms. The summed E-state index contributed by atoms with van der Waals surface area (Å²) in [7, 11) is 0. The second-order valence-corrected chi connectivity index (χ2v) is 12.8. The first kappa shape index (κ1) is 21.8. The molecule has 11 rings (SSSR count). The Bertz CT molecular complexity index is 2530. The summed E-state index contributed by atoms with van der Waals surface area (Å²) < 4.78 is 17.0. The molecule has 8 aromatic rings. The van der Waals surface area contributed by atoms with Crippen LogP contribution in [0, 0.1) is 41.5 Å². The van der Waals surface area contributed by atoms with Crippen molar-refractivity contribution in [2.75, 3.05) is 0 Å². The fourth-order valence-electron chi connectivity index (χ4n) is 9.30. The van der Waals surface area contributed by atoms with Crippen LogP contribution in [0.5, 0.6) is 11.5 Å². The molecule has 0 unspecified atom stereocenters. The predicted molar refractivity (Wildman–Crippen MR) is 165 cm³/mol. The molecule has 0 atom stereocenters. The third-order valence-corrected chi connectivity index (χ3v) is 11.4. The Kier molecular flexibility index (Phi) is 3.26. The van der Waals surface area contributed by atoms with Crippen molar-refractivity contribution in [2.24, 2.45) is 0 Å². The van der Waals surface area contributed by atoms with E-state index in [4.69, 9.17) is 4.74 Å². The fraction of sp³-hybridized carbons (Fsp3) is 0.189. The number of hydrogen-bond donors (Lipinski definition) is 0. The Balaban J connectivity index is 1.48. The first-order valence-electron chi connectivity index (χ1n) is 14.9. The monoisotopic (exact) mass is 544 g/mol. The van der Waals surface area contributed by atoms with Gasteiger partial charge in [0.15, 0.2) is 23.5 Å².